The number of piperidine rings is 2. The van der Waals surface area contributed by atoms with E-state index >= 15 is 0 Å². The largest absolute Gasteiger partial charge is 0.462 e. The standard InChI is InChI=1S/C42H48N2O8/c1-43-31-17-18-32(43)22-35(21-31)51-41(47)37(27-9-5-3-6-10-27)25-49-39(45)29-13-15-30(16-14-29)40(46)50-26-38(28-11-7-4-8-12-28)42(48)52-36-23-33-19-20-34(24-36)44(33)2/h3-16,31-38H,17-26H2,1-2H3. The van der Waals surface area contributed by atoms with Crippen molar-refractivity contribution in [3.05, 3.63) is 107 Å². The molecular formula is C42H48N2O8. The van der Waals surface area contributed by atoms with Gasteiger partial charge in [0.15, 0.2) is 0 Å². The number of fused-ring (bicyclic) bond motifs is 4. The van der Waals surface area contributed by atoms with E-state index in [9.17, 15) is 19.2 Å². The highest BCUT2D eigenvalue weighted by Gasteiger charge is 2.42. The normalized spacial score (nSPS) is 26.6. The van der Waals surface area contributed by atoms with Gasteiger partial charge in [-0.3, -0.25) is 9.59 Å². The molecule has 0 amide bonds. The van der Waals surface area contributed by atoms with Crippen molar-refractivity contribution < 1.29 is 38.1 Å². The van der Waals surface area contributed by atoms with Crippen molar-refractivity contribution in [2.45, 2.75) is 99.6 Å². The molecule has 52 heavy (non-hydrogen) atoms. The Kier molecular flexibility index (Phi) is 11.0. The molecule has 7 rings (SSSR count). The van der Waals surface area contributed by atoms with Gasteiger partial charge in [-0.2, -0.15) is 0 Å². The molecule has 4 aliphatic heterocycles. The fraction of sp³-hybridized carbons (Fsp3) is 0.476. The summed E-state index contributed by atoms with van der Waals surface area (Å²) in [6.07, 6.45) is 7.41. The van der Waals surface area contributed by atoms with Gasteiger partial charge >= 0.3 is 23.9 Å². The molecule has 0 aromatic heterocycles. The lowest BCUT2D eigenvalue weighted by Gasteiger charge is -2.36. The number of hydrogen-bond donors (Lipinski definition) is 0. The van der Waals surface area contributed by atoms with Gasteiger partial charge in [0, 0.05) is 24.2 Å². The maximum absolute atomic E-state index is 13.5. The third-order valence-electron chi connectivity index (χ3n) is 11.8. The third-order valence-corrected chi connectivity index (χ3v) is 11.8. The van der Waals surface area contributed by atoms with Gasteiger partial charge in [0.05, 0.1) is 11.1 Å². The summed E-state index contributed by atoms with van der Waals surface area (Å²) in [5, 5.41) is 0. The molecule has 4 heterocycles. The Labute approximate surface area is 305 Å². The Morgan fingerprint density at radius 3 is 1.19 bits per heavy atom. The second-order valence-electron chi connectivity index (χ2n) is 14.9. The number of ether oxygens (including phenoxy) is 4. The summed E-state index contributed by atoms with van der Waals surface area (Å²) in [6.45, 7) is -0.360. The highest BCUT2D eigenvalue weighted by Crippen LogP contribution is 2.37. The van der Waals surface area contributed by atoms with Crippen LogP contribution in [-0.2, 0) is 28.5 Å². The molecule has 6 atom stereocenters. The van der Waals surface area contributed by atoms with E-state index in [1.54, 1.807) is 0 Å². The van der Waals surface area contributed by atoms with E-state index in [1.807, 2.05) is 60.7 Å². The molecule has 0 spiro atoms. The van der Waals surface area contributed by atoms with Crippen molar-refractivity contribution >= 4 is 23.9 Å². The van der Waals surface area contributed by atoms with E-state index in [2.05, 4.69) is 23.9 Å². The van der Waals surface area contributed by atoms with Crippen molar-refractivity contribution in [3.8, 4) is 0 Å². The number of carbonyl (C=O) groups is 4. The molecule has 10 heteroatoms. The molecule has 274 valence electrons. The van der Waals surface area contributed by atoms with Gasteiger partial charge < -0.3 is 28.7 Å². The molecule has 0 aliphatic carbocycles. The molecule has 10 nitrogen and oxygen atoms in total. The summed E-state index contributed by atoms with van der Waals surface area (Å²) in [7, 11) is 4.28. The maximum atomic E-state index is 13.5. The predicted molar refractivity (Wildman–Crippen MR) is 193 cm³/mol. The predicted octanol–water partition coefficient (Wildman–Crippen LogP) is 5.90. The average Bonchev–Trinajstić information content (AvgIpc) is 3.47. The van der Waals surface area contributed by atoms with Gasteiger partial charge in [0.1, 0.15) is 37.3 Å². The average molecular weight is 709 g/mol. The number of rotatable bonds is 12. The van der Waals surface area contributed by atoms with Crippen molar-refractivity contribution in [1.29, 1.82) is 0 Å². The Bertz CT molecular complexity index is 1560. The summed E-state index contributed by atoms with van der Waals surface area (Å²) in [5.74, 6) is -3.59. The van der Waals surface area contributed by atoms with Crippen LogP contribution < -0.4 is 0 Å². The quantitative estimate of drug-likeness (QED) is 0.167. The van der Waals surface area contributed by atoms with Crippen LogP contribution in [0.3, 0.4) is 0 Å². The SMILES string of the molecule is CN1C2CCC1CC(OC(=O)C(COC(=O)c1ccc(C(=O)OCC(C(=O)OC3CC4CCC(C3)N4C)c3ccccc3)cc1)c1ccccc1)C2. The van der Waals surface area contributed by atoms with Gasteiger partial charge in [-0.1, -0.05) is 60.7 Å². The van der Waals surface area contributed by atoms with Crippen LogP contribution in [0.25, 0.3) is 0 Å². The monoisotopic (exact) mass is 708 g/mol. The Morgan fingerprint density at radius 1 is 0.538 bits per heavy atom. The Balaban J connectivity index is 0.941. The number of nitrogens with zero attached hydrogens (tertiary/aromatic N) is 2. The van der Waals surface area contributed by atoms with E-state index in [0.717, 1.165) is 51.4 Å². The van der Waals surface area contributed by atoms with Crippen LogP contribution in [0.15, 0.2) is 84.9 Å². The number of carbonyl (C=O) groups excluding carboxylic acids is 4. The molecule has 0 saturated carbocycles. The van der Waals surface area contributed by atoms with Gasteiger partial charge in [0.25, 0.3) is 0 Å². The molecule has 0 radical (unpaired) electrons. The van der Waals surface area contributed by atoms with Gasteiger partial charge in [-0.15, -0.1) is 0 Å². The molecule has 4 saturated heterocycles. The lowest BCUT2D eigenvalue weighted by molar-refractivity contribution is -0.156. The third kappa shape index (κ3) is 8.08. The number of hydrogen-bond acceptors (Lipinski definition) is 10. The molecule has 4 fully saturated rings. The van der Waals surface area contributed by atoms with E-state index in [4.69, 9.17) is 18.9 Å². The van der Waals surface area contributed by atoms with Crippen LogP contribution in [-0.4, -0.2) is 97.4 Å². The molecule has 4 aliphatic rings. The first kappa shape index (κ1) is 35.8. The zero-order valence-corrected chi connectivity index (χ0v) is 29.9. The molecule has 4 bridgehead atoms. The van der Waals surface area contributed by atoms with Crippen LogP contribution in [0.5, 0.6) is 0 Å². The highest BCUT2D eigenvalue weighted by molar-refractivity contribution is 5.93. The molecule has 3 aromatic carbocycles. The molecular weight excluding hydrogens is 660 g/mol. The van der Waals surface area contributed by atoms with Crippen LogP contribution >= 0.6 is 0 Å². The molecule has 0 N–H and O–H groups in total. The summed E-state index contributed by atoms with van der Waals surface area (Å²) in [6, 6.07) is 26.1. The van der Waals surface area contributed by atoms with Crippen molar-refractivity contribution in [2.24, 2.45) is 0 Å². The van der Waals surface area contributed by atoms with Crippen molar-refractivity contribution in [1.82, 2.24) is 9.80 Å². The van der Waals surface area contributed by atoms with E-state index in [0.29, 0.717) is 35.3 Å². The summed E-state index contributed by atoms with van der Waals surface area (Å²) >= 11 is 0. The number of esters is 4. The minimum atomic E-state index is -0.768. The lowest BCUT2D eigenvalue weighted by Crippen LogP contribution is -2.44. The summed E-state index contributed by atoms with van der Waals surface area (Å²) < 4.78 is 23.3. The van der Waals surface area contributed by atoms with E-state index in [-0.39, 0.29) is 36.5 Å². The minimum absolute atomic E-state index is 0.154. The highest BCUT2D eigenvalue weighted by atomic mass is 16.6. The van der Waals surface area contributed by atoms with Crippen LogP contribution in [0, 0.1) is 0 Å². The Morgan fingerprint density at radius 2 is 0.865 bits per heavy atom. The summed E-state index contributed by atoms with van der Waals surface area (Å²) in [5.41, 5.74) is 1.87. The second-order valence-corrected chi connectivity index (χ2v) is 14.9. The van der Waals surface area contributed by atoms with Crippen molar-refractivity contribution in [3.63, 3.8) is 0 Å². The van der Waals surface area contributed by atoms with E-state index in [1.165, 1.54) is 24.3 Å². The van der Waals surface area contributed by atoms with Gasteiger partial charge in [-0.25, -0.2) is 9.59 Å². The minimum Gasteiger partial charge on any atom is -0.462 e. The van der Waals surface area contributed by atoms with Crippen molar-refractivity contribution in [2.75, 3.05) is 27.3 Å². The van der Waals surface area contributed by atoms with Gasteiger partial charge in [0.2, 0.25) is 0 Å². The van der Waals surface area contributed by atoms with Gasteiger partial charge in [-0.05, 0) is 101 Å². The topological polar surface area (TPSA) is 112 Å². The zero-order chi connectivity index (χ0) is 36.2. The number of benzene rings is 3. The molecule has 6 unspecified atom stereocenters. The molecule has 3 aromatic rings. The first-order valence-electron chi connectivity index (χ1n) is 18.6. The van der Waals surface area contributed by atoms with Crippen LogP contribution in [0.1, 0.15) is 95.0 Å². The van der Waals surface area contributed by atoms with Crippen LogP contribution in [0.2, 0.25) is 0 Å². The van der Waals surface area contributed by atoms with Crippen LogP contribution in [0.4, 0.5) is 0 Å². The first-order valence-corrected chi connectivity index (χ1v) is 18.6. The van der Waals surface area contributed by atoms with E-state index < -0.39 is 35.7 Å². The smallest absolute Gasteiger partial charge is 0.338 e. The maximum Gasteiger partial charge on any atom is 0.338 e. The second kappa shape index (κ2) is 16.0. The fourth-order valence-corrected chi connectivity index (χ4v) is 8.61. The Hall–Kier alpha value is -4.54. The lowest BCUT2D eigenvalue weighted by atomic mass is 9.98. The fourth-order valence-electron chi connectivity index (χ4n) is 8.61. The summed E-state index contributed by atoms with van der Waals surface area (Å²) in [4.78, 5) is 58.0. The zero-order valence-electron chi connectivity index (χ0n) is 29.9. The first-order chi connectivity index (χ1) is 25.2.